The normalized spacial score (nSPS) is 14.4. The van der Waals surface area contributed by atoms with Crippen molar-refractivity contribution in [2.45, 2.75) is 0 Å². The summed E-state index contributed by atoms with van der Waals surface area (Å²) in [5.41, 5.74) is 0.771. The maximum absolute atomic E-state index is 13.3. The summed E-state index contributed by atoms with van der Waals surface area (Å²) in [6, 6.07) is 8.84. The van der Waals surface area contributed by atoms with E-state index in [0.29, 0.717) is 18.8 Å². The van der Waals surface area contributed by atoms with Crippen LogP contribution in [0.15, 0.2) is 42.5 Å². The van der Waals surface area contributed by atoms with Gasteiger partial charge in [0.15, 0.2) is 11.6 Å². The molecule has 1 heterocycles. The number of carboxylic acid groups (broad SMARTS) is 1. The second-order valence-corrected chi connectivity index (χ2v) is 5.04. The molecule has 2 aromatic rings. The number of rotatable bonds is 3. The molecule has 2 aromatic carbocycles. The van der Waals surface area contributed by atoms with E-state index in [2.05, 4.69) is 0 Å². The van der Waals surface area contributed by atoms with Gasteiger partial charge in [0.05, 0.1) is 5.56 Å². The van der Waals surface area contributed by atoms with Crippen molar-refractivity contribution in [3.8, 4) is 0 Å². The van der Waals surface area contributed by atoms with Crippen molar-refractivity contribution in [1.82, 2.24) is 0 Å². The predicted molar refractivity (Wildman–Crippen MR) is 79.8 cm³/mol. The zero-order chi connectivity index (χ0) is 16.6. The zero-order valence-electron chi connectivity index (χ0n) is 11.9. The maximum Gasteiger partial charge on any atom is 0.335 e. The molecule has 2 amide bonds. The molecule has 1 saturated heterocycles. The smallest absolute Gasteiger partial charge is 0.335 e. The van der Waals surface area contributed by atoms with Gasteiger partial charge in [0.2, 0.25) is 0 Å². The van der Waals surface area contributed by atoms with Crippen molar-refractivity contribution in [2.75, 3.05) is 22.9 Å². The molecular formula is C16H12F2N2O3. The van der Waals surface area contributed by atoms with Gasteiger partial charge in [-0.15, -0.1) is 0 Å². The van der Waals surface area contributed by atoms with Crippen molar-refractivity contribution >= 4 is 23.4 Å². The zero-order valence-corrected chi connectivity index (χ0v) is 11.9. The van der Waals surface area contributed by atoms with E-state index < -0.39 is 23.6 Å². The number of nitrogens with zero attached hydrogens (tertiary/aromatic N) is 2. The first-order valence-corrected chi connectivity index (χ1v) is 6.85. The molecule has 1 fully saturated rings. The van der Waals surface area contributed by atoms with Crippen LogP contribution in [0.4, 0.5) is 25.0 Å². The molecule has 23 heavy (non-hydrogen) atoms. The molecule has 0 aliphatic carbocycles. The number of carboxylic acids is 1. The summed E-state index contributed by atoms with van der Waals surface area (Å²) in [5, 5.41) is 9.01. The molecule has 0 saturated carbocycles. The van der Waals surface area contributed by atoms with Crippen LogP contribution in [-0.4, -0.2) is 30.2 Å². The lowest BCUT2D eigenvalue weighted by Crippen LogP contribution is -2.31. The second-order valence-electron chi connectivity index (χ2n) is 5.04. The molecule has 0 atom stereocenters. The van der Waals surface area contributed by atoms with E-state index >= 15 is 0 Å². The Hall–Kier alpha value is -2.96. The van der Waals surface area contributed by atoms with Gasteiger partial charge >= 0.3 is 12.0 Å². The Morgan fingerprint density at radius 3 is 2.22 bits per heavy atom. The van der Waals surface area contributed by atoms with Gasteiger partial charge in [-0.3, -0.25) is 9.80 Å². The number of aromatic carboxylic acids is 1. The Kier molecular flexibility index (Phi) is 3.69. The summed E-state index contributed by atoms with van der Waals surface area (Å²) in [6.45, 7) is 0.613. The summed E-state index contributed by atoms with van der Waals surface area (Å²) in [5.74, 6) is -3.09. The Labute approximate surface area is 130 Å². The van der Waals surface area contributed by atoms with E-state index in [9.17, 15) is 18.4 Å². The van der Waals surface area contributed by atoms with E-state index in [1.165, 1.54) is 28.0 Å². The minimum Gasteiger partial charge on any atom is -0.478 e. The lowest BCUT2D eigenvalue weighted by molar-refractivity contribution is 0.0697. The van der Waals surface area contributed by atoms with Crippen LogP contribution in [0.2, 0.25) is 0 Å². The molecule has 1 aliphatic rings. The monoisotopic (exact) mass is 318 g/mol. The molecular weight excluding hydrogens is 306 g/mol. The van der Waals surface area contributed by atoms with Gasteiger partial charge in [-0.2, -0.15) is 0 Å². The lowest BCUT2D eigenvalue weighted by Gasteiger charge is -2.19. The number of amides is 2. The molecule has 0 spiro atoms. The van der Waals surface area contributed by atoms with Crippen LogP contribution in [0.3, 0.4) is 0 Å². The van der Waals surface area contributed by atoms with Crippen LogP contribution >= 0.6 is 0 Å². The van der Waals surface area contributed by atoms with Gasteiger partial charge in [-0.05, 0) is 30.3 Å². The van der Waals surface area contributed by atoms with Crippen molar-refractivity contribution in [3.63, 3.8) is 0 Å². The number of carbonyl (C=O) groups is 2. The summed E-state index contributed by atoms with van der Waals surface area (Å²) in [6.07, 6.45) is 0. The summed E-state index contributed by atoms with van der Waals surface area (Å²) >= 11 is 0. The Bertz CT molecular complexity index is 795. The average Bonchev–Trinajstić information content (AvgIpc) is 2.92. The summed E-state index contributed by atoms with van der Waals surface area (Å²) < 4.78 is 26.3. The van der Waals surface area contributed by atoms with Gasteiger partial charge in [-0.25, -0.2) is 18.4 Å². The highest BCUT2D eigenvalue weighted by Crippen LogP contribution is 2.26. The van der Waals surface area contributed by atoms with Gasteiger partial charge < -0.3 is 5.11 Å². The molecule has 0 aromatic heterocycles. The highest BCUT2D eigenvalue weighted by atomic mass is 19.2. The third kappa shape index (κ3) is 2.73. The third-order valence-corrected chi connectivity index (χ3v) is 3.63. The quantitative estimate of drug-likeness (QED) is 0.946. The third-order valence-electron chi connectivity index (χ3n) is 3.63. The molecule has 1 N–H and O–H groups in total. The maximum atomic E-state index is 13.3. The largest absolute Gasteiger partial charge is 0.478 e. The van der Waals surface area contributed by atoms with Crippen molar-refractivity contribution in [3.05, 3.63) is 59.7 Å². The van der Waals surface area contributed by atoms with E-state index in [0.717, 1.165) is 12.1 Å². The molecule has 118 valence electrons. The number of hydrogen-bond acceptors (Lipinski definition) is 2. The molecule has 7 heteroatoms. The van der Waals surface area contributed by atoms with Crippen molar-refractivity contribution in [2.24, 2.45) is 0 Å². The van der Waals surface area contributed by atoms with Crippen LogP contribution in [0.25, 0.3) is 0 Å². The number of benzene rings is 2. The SMILES string of the molecule is O=C(O)c1cccc(N2CCN(c3ccc(F)c(F)c3)C2=O)c1. The van der Waals surface area contributed by atoms with Crippen molar-refractivity contribution < 1.29 is 23.5 Å². The van der Waals surface area contributed by atoms with Crippen LogP contribution < -0.4 is 9.80 Å². The fraction of sp³-hybridized carbons (Fsp3) is 0.125. The van der Waals surface area contributed by atoms with Crippen LogP contribution in [0.1, 0.15) is 10.4 Å². The fourth-order valence-electron chi connectivity index (χ4n) is 2.48. The van der Waals surface area contributed by atoms with E-state index in [1.54, 1.807) is 12.1 Å². The van der Waals surface area contributed by atoms with E-state index in [1.807, 2.05) is 0 Å². The first kappa shape index (κ1) is 15.0. The fourth-order valence-corrected chi connectivity index (χ4v) is 2.48. The first-order valence-electron chi connectivity index (χ1n) is 6.85. The summed E-state index contributed by atoms with van der Waals surface area (Å²) in [7, 11) is 0. The topological polar surface area (TPSA) is 60.9 Å². The van der Waals surface area contributed by atoms with Gasteiger partial charge in [0.1, 0.15) is 0 Å². The second kappa shape index (κ2) is 5.68. The number of hydrogen-bond donors (Lipinski definition) is 1. The Balaban J connectivity index is 1.88. The molecule has 5 nitrogen and oxygen atoms in total. The minimum absolute atomic E-state index is 0.0709. The lowest BCUT2D eigenvalue weighted by atomic mass is 10.2. The van der Waals surface area contributed by atoms with E-state index in [-0.39, 0.29) is 11.3 Å². The highest BCUT2D eigenvalue weighted by molar-refractivity contribution is 6.06. The molecule has 1 aliphatic heterocycles. The Morgan fingerprint density at radius 2 is 1.61 bits per heavy atom. The number of carbonyl (C=O) groups excluding carboxylic acids is 1. The van der Waals surface area contributed by atoms with Gasteiger partial charge in [0, 0.05) is 30.5 Å². The Morgan fingerprint density at radius 1 is 0.957 bits per heavy atom. The molecule has 3 rings (SSSR count). The first-order chi connectivity index (χ1) is 11.0. The molecule has 0 unspecified atom stereocenters. The van der Waals surface area contributed by atoms with Crippen LogP contribution in [0.5, 0.6) is 0 Å². The predicted octanol–water partition coefficient (Wildman–Crippen LogP) is 3.11. The highest BCUT2D eigenvalue weighted by Gasteiger charge is 2.31. The summed E-state index contributed by atoms with van der Waals surface area (Å²) in [4.78, 5) is 26.2. The average molecular weight is 318 g/mol. The number of urea groups is 1. The van der Waals surface area contributed by atoms with E-state index in [4.69, 9.17) is 5.11 Å². The number of anilines is 2. The minimum atomic E-state index is -1.09. The molecule has 0 radical (unpaired) electrons. The van der Waals surface area contributed by atoms with Crippen LogP contribution in [0, 0.1) is 11.6 Å². The molecule has 0 bridgehead atoms. The van der Waals surface area contributed by atoms with Gasteiger partial charge in [-0.1, -0.05) is 6.07 Å². The number of halogens is 2. The standard InChI is InChI=1S/C16H12F2N2O3/c17-13-5-4-12(9-14(13)18)20-7-6-19(16(20)23)11-3-1-2-10(8-11)15(21)22/h1-5,8-9H,6-7H2,(H,21,22). The van der Waals surface area contributed by atoms with Crippen molar-refractivity contribution in [1.29, 1.82) is 0 Å². The van der Waals surface area contributed by atoms with Crippen LogP contribution in [-0.2, 0) is 0 Å². The van der Waals surface area contributed by atoms with Gasteiger partial charge in [0.25, 0.3) is 0 Å².